The SMILES string of the molecule is CCCCCc1nc(CN)cs1.O.O.O.[Ac].[Ac].[Ac].[Ac].[Ac].[Ac].[Ac].[Ac].[Ac].[Ac].[CH2-]P(=O)(O)[OH2+].[H+].[H+].[NH2-].[NH2-].[NH2-].[NH2-].[NH2-].[No].[No].[No].[No].[No].[No].[No].[Np]. The summed E-state index contributed by atoms with van der Waals surface area (Å²) in [4.78, 5) is 18.0. The van der Waals surface area contributed by atoms with Gasteiger partial charge in [-0.2, -0.15) is 6.66 Å². The topological polar surface area (TPSA) is 361 Å². The summed E-state index contributed by atoms with van der Waals surface area (Å²) in [6, 6.07) is 0. The number of rotatable bonds is 5. The summed E-state index contributed by atoms with van der Waals surface area (Å²) in [6.07, 6.45) is 4.96. The van der Waals surface area contributed by atoms with E-state index in [1.54, 1.807) is 11.3 Å². The molecule has 1 aromatic heterocycles. The Morgan fingerprint density at radius 2 is 1.02 bits per heavy atom. The molecule has 0 saturated heterocycles. The molecule has 1 heterocycles. The summed E-state index contributed by atoms with van der Waals surface area (Å²) in [5, 5.41) is 3.30. The molecule has 1 unspecified atom stereocenters. The van der Waals surface area contributed by atoms with Gasteiger partial charge in [0.2, 0.25) is 0 Å². The molecule has 43 heavy (non-hydrogen) atoms. The monoisotopic (exact) mass is 4740 g/mol. The zero-order valence-corrected chi connectivity index (χ0v) is 91.0. The molecule has 1 aromatic rings. The molecular weight excluding hydrogens is 4700 g/mol. The minimum atomic E-state index is -3.64. The summed E-state index contributed by atoms with van der Waals surface area (Å²) in [7, 11) is -3.64. The predicted octanol–water partition coefficient (Wildman–Crippen LogP) is 3.36. The largest absolute Gasteiger partial charge is 1.00 e. The van der Waals surface area contributed by atoms with Gasteiger partial charge in [0, 0.05) is 482 Å². The van der Waals surface area contributed by atoms with E-state index >= 15 is 0 Å². The maximum Gasteiger partial charge on any atom is 1.00 e. The Labute approximate surface area is 606 Å². The zero-order valence-electron chi connectivity index (χ0n) is 24.5. The van der Waals surface area contributed by atoms with Crippen LogP contribution in [0.15, 0.2) is 5.38 Å². The summed E-state index contributed by atoms with van der Waals surface area (Å²) in [6.45, 7) is 5.34. The van der Waals surface area contributed by atoms with Crippen LogP contribution in [0.2, 0.25) is 0 Å². The van der Waals surface area contributed by atoms with Gasteiger partial charge in [-0.1, -0.05) is 19.8 Å². The summed E-state index contributed by atoms with van der Waals surface area (Å²) in [5.74, 6) is 0. The van der Waals surface area contributed by atoms with Crippen molar-refractivity contribution in [3.05, 3.63) is 53.5 Å². The Bertz CT molecular complexity index is 437. The fourth-order valence-electron chi connectivity index (χ4n) is 1.08. The van der Waals surface area contributed by atoms with Gasteiger partial charge in [0.05, 0.1) is 10.7 Å². The molecule has 0 aliphatic carbocycles. The zero-order chi connectivity index (χ0) is 13.3. The number of nitrogens with zero attached hydrogens (tertiary/aromatic N) is 1. The van der Waals surface area contributed by atoms with Crippen molar-refractivity contribution < 1.29 is 504 Å². The predicted molar refractivity (Wildman–Crippen MR) is 112 cm³/mol. The van der Waals surface area contributed by atoms with Gasteiger partial charge in [-0.3, -0.25) is 0 Å². The van der Waals surface area contributed by atoms with Crippen LogP contribution < -0.4 is 5.73 Å². The van der Waals surface area contributed by atoms with Crippen LogP contribution in [0.1, 0.15) is 39.7 Å². The van der Waals surface area contributed by atoms with Crippen LogP contribution in [0.4, 0.5) is 0 Å². The smallest absolute Gasteiger partial charge is 0.693 e. The summed E-state index contributed by atoms with van der Waals surface area (Å²) >= 11 is 1.73. The van der Waals surface area contributed by atoms with Crippen molar-refractivity contribution in [1.29, 1.82) is 0 Å². The van der Waals surface area contributed by atoms with Crippen LogP contribution >= 0.6 is 18.9 Å². The Morgan fingerprint density at radius 3 is 1.19 bits per heavy atom. The minimum absolute atomic E-state index is 0. The second-order valence-electron chi connectivity index (χ2n) is 3.60. The van der Waals surface area contributed by atoms with Crippen molar-refractivity contribution in [2.75, 3.05) is 0 Å². The summed E-state index contributed by atoms with van der Waals surface area (Å²) in [5.41, 5.74) is 6.50. The third kappa shape index (κ3) is 201. The molecule has 0 aliphatic heterocycles. The van der Waals surface area contributed by atoms with E-state index in [2.05, 4.69) is 24.0 Å². The number of aromatic nitrogens is 1. The van der Waals surface area contributed by atoms with Gasteiger partial charge in [0.25, 0.3) is 0 Å². The molecule has 0 fully saturated rings. The molecule has 21 N–H and O–H groups in total. The normalized spacial score (nSPS) is 5.42. The Morgan fingerprint density at radius 1 is 0.791 bits per heavy atom. The van der Waals surface area contributed by atoms with Gasteiger partial charge in [-0.05, 0) is 12.8 Å². The van der Waals surface area contributed by atoms with Crippen LogP contribution in [0.25, 0.3) is 30.8 Å². The van der Waals surface area contributed by atoms with E-state index in [1.165, 1.54) is 24.3 Å². The molecule has 0 amide bonds. The third-order valence-electron chi connectivity index (χ3n) is 1.80. The van der Waals surface area contributed by atoms with Crippen LogP contribution in [-0.4, -0.2) is 31.2 Å². The van der Waals surface area contributed by atoms with E-state index in [0.717, 1.165) is 12.1 Å². The molecule has 297 valence electrons. The van der Waals surface area contributed by atoms with E-state index in [-0.39, 0.29) is 521 Å². The van der Waals surface area contributed by atoms with E-state index < -0.39 is 7.60 Å². The molecule has 33 heteroatoms. The van der Waals surface area contributed by atoms with Crippen molar-refractivity contribution in [2.45, 2.75) is 39.2 Å². The Balaban J connectivity index is -0.00000000275. The average molecular weight is 4740 g/mol. The van der Waals surface area contributed by atoms with Crippen molar-refractivity contribution in [3.63, 3.8) is 0 Å². The van der Waals surface area contributed by atoms with Gasteiger partial charge >= 0.3 is 10.4 Å². The maximum absolute atomic E-state index is 9.33. The second kappa shape index (κ2) is 153. The molecule has 0 aliphatic rings. The van der Waals surface area contributed by atoms with Crippen molar-refractivity contribution in [3.8, 4) is 0 Å². The second-order valence-corrected chi connectivity index (χ2v) is 5.94. The Hall–Kier alpha value is 7.85. The molecule has 0 spiro atoms. The molecular formula is C10H39Ac10N7No7NpO6PS-3. The Kier molecular flexibility index (Phi) is 792. The van der Waals surface area contributed by atoms with E-state index in [4.69, 9.17) is 15.5 Å². The van der Waals surface area contributed by atoms with Gasteiger partial charge < -0.3 is 62.7 Å². The first-order chi connectivity index (χ1) is 7.86. The molecule has 0 aromatic carbocycles. The molecule has 13 nitrogen and oxygen atoms in total. The van der Waals surface area contributed by atoms with Crippen LogP contribution in [-0.2, 0) is 17.5 Å². The molecule has 0 saturated carbocycles. The first-order valence-corrected chi connectivity index (χ1v) is 8.15. The quantitative estimate of drug-likeness (QED) is 0.194. The van der Waals surface area contributed by atoms with Gasteiger partial charge in [-0.25, -0.2) is 9.55 Å². The molecule has 1 atom stereocenters. The standard InChI is InChI=1S/C9H16N2S.CH4O3P.10Ac.5H2N.7No.Np.3H2O/c1-2-3-4-5-9-11-8(6-10)7-12-9;1-5(2,3)4;;;;;;;;;;;;;;;;;;;;;;;;;;/h7H,2-6,10H2,1H3;1H2,(H2,2,3,4);;;;;;;;;;;5*1H2;;;;;;;;;3*1H2/q;-1;;;;;;;;;;;5*-1;;;;;;;;;;;/p+3. The van der Waals surface area contributed by atoms with Crippen molar-refractivity contribution >= 4 is 18.9 Å². The molecule has 1 rings (SSSR count). The third-order valence-corrected chi connectivity index (χ3v) is 2.76. The summed E-state index contributed by atoms with van der Waals surface area (Å²) < 4.78 is 9.33. The van der Waals surface area contributed by atoms with E-state index in [9.17, 15) is 4.57 Å². The van der Waals surface area contributed by atoms with Crippen LogP contribution in [0.3, 0.4) is 0 Å². The first-order valence-electron chi connectivity index (χ1n) is 5.42. The average Bonchev–Trinajstić information content (AvgIpc) is 2.64. The maximum atomic E-state index is 9.33. The number of hydrogen-bond acceptors (Lipinski definition) is 4. The van der Waals surface area contributed by atoms with Crippen LogP contribution in [0, 0.1) is 477 Å². The van der Waals surface area contributed by atoms with Gasteiger partial charge in [0.15, 0.2) is 0 Å². The number of thiazole rings is 1. The number of aryl methyl sites for hydroxylation is 1. The van der Waals surface area contributed by atoms with Gasteiger partial charge in [0.1, 0.15) is 0 Å². The number of unbranched alkanes of at least 4 members (excludes halogenated alkanes) is 2. The van der Waals surface area contributed by atoms with E-state index in [1.807, 2.05) is 0 Å². The minimum Gasteiger partial charge on any atom is -0.693 e. The molecule has 11 radical (unpaired) electrons. The van der Waals surface area contributed by atoms with Gasteiger partial charge in [-0.15, -0.1) is 11.3 Å². The first kappa shape index (κ1) is 222. The van der Waals surface area contributed by atoms with Crippen molar-refractivity contribution in [2.24, 2.45) is 5.73 Å². The number of nitrogens with two attached hydrogens (primary N) is 6. The van der Waals surface area contributed by atoms with E-state index in [0.29, 0.717) is 6.54 Å². The molecule has 0 bridgehead atoms. The fraction of sp³-hybridized carbons (Fsp3) is 0.600. The van der Waals surface area contributed by atoms with Crippen molar-refractivity contribution in [1.82, 2.24) is 4.98 Å². The fourth-order valence-corrected chi connectivity index (χ4v) is 1.94. The van der Waals surface area contributed by atoms with Crippen LogP contribution in [0.5, 0.6) is 0 Å². The number of hydrogen-bond donors (Lipinski definition) is 2.